The molecule has 1 aliphatic rings. The topological polar surface area (TPSA) is 24.8 Å². The molecule has 90 valence electrons. The second kappa shape index (κ2) is 5.15. The van der Waals surface area contributed by atoms with Crippen molar-refractivity contribution in [3.63, 3.8) is 0 Å². The Morgan fingerprint density at radius 2 is 2.06 bits per heavy atom. The smallest absolute Gasteiger partial charge is 0.209 e. The number of nitrogens with zero attached hydrogens (tertiary/aromatic N) is 2. The van der Waals surface area contributed by atoms with Crippen LogP contribution in [-0.4, -0.2) is 31.4 Å². The van der Waals surface area contributed by atoms with Crippen LogP contribution in [0, 0.1) is 0 Å². The Kier molecular flexibility index (Phi) is 3.59. The molecular formula is C14H18N2O. The van der Waals surface area contributed by atoms with E-state index in [1.807, 2.05) is 38.4 Å². The normalized spacial score (nSPS) is 16.7. The van der Waals surface area contributed by atoms with Crippen LogP contribution < -0.4 is 0 Å². The zero-order chi connectivity index (χ0) is 12.3. The van der Waals surface area contributed by atoms with Gasteiger partial charge in [0, 0.05) is 5.56 Å². The standard InChI is InChI=1S/C14H18N2O/c1-4-7-13-11-8-5-6-9-12(11)15-14(17-13)10-16(2)3/h5-9H,4,10H2,1-3H3/b13-7+. The van der Waals surface area contributed by atoms with Gasteiger partial charge in [0.05, 0.1) is 12.2 Å². The molecule has 2 rings (SSSR count). The van der Waals surface area contributed by atoms with Crippen molar-refractivity contribution in [3.05, 3.63) is 35.9 Å². The lowest BCUT2D eigenvalue weighted by molar-refractivity contribution is 0.407. The van der Waals surface area contributed by atoms with Crippen molar-refractivity contribution in [1.82, 2.24) is 4.90 Å². The average Bonchev–Trinajstić information content (AvgIpc) is 2.28. The summed E-state index contributed by atoms with van der Waals surface area (Å²) >= 11 is 0. The fourth-order valence-electron chi connectivity index (χ4n) is 1.79. The van der Waals surface area contributed by atoms with Crippen molar-refractivity contribution in [2.24, 2.45) is 4.99 Å². The van der Waals surface area contributed by atoms with Crippen LogP contribution in [0.4, 0.5) is 5.69 Å². The summed E-state index contributed by atoms with van der Waals surface area (Å²) in [5.41, 5.74) is 2.08. The van der Waals surface area contributed by atoms with E-state index in [-0.39, 0.29) is 0 Å². The van der Waals surface area contributed by atoms with Crippen LogP contribution >= 0.6 is 0 Å². The van der Waals surface area contributed by atoms with Crippen molar-refractivity contribution in [2.45, 2.75) is 13.3 Å². The van der Waals surface area contributed by atoms with E-state index in [9.17, 15) is 0 Å². The van der Waals surface area contributed by atoms with E-state index >= 15 is 0 Å². The average molecular weight is 230 g/mol. The van der Waals surface area contributed by atoms with E-state index < -0.39 is 0 Å². The molecule has 0 fully saturated rings. The van der Waals surface area contributed by atoms with Gasteiger partial charge >= 0.3 is 0 Å². The minimum Gasteiger partial charge on any atom is -0.441 e. The van der Waals surface area contributed by atoms with Gasteiger partial charge in [-0.3, -0.25) is 0 Å². The van der Waals surface area contributed by atoms with Gasteiger partial charge < -0.3 is 9.64 Å². The summed E-state index contributed by atoms with van der Waals surface area (Å²) in [4.78, 5) is 6.58. The number of hydrogen-bond donors (Lipinski definition) is 0. The van der Waals surface area contributed by atoms with Gasteiger partial charge in [-0.2, -0.15) is 0 Å². The Morgan fingerprint density at radius 1 is 1.29 bits per heavy atom. The highest BCUT2D eigenvalue weighted by Gasteiger charge is 2.17. The molecule has 0 saturated carbocycles. The van der Waals surface area contributed by atoms with Gasteiger partial charge in [0.1, 0.15) is 5.76 Å². The largest absolute Gasteiger partial charge is 0.441 e. The Balaban J connectivity index is 2.38. The first-order chi connectivity index (χ1) is 8.20. The third-order valence-corrected chi connectivity index (χ3v) is 2.48. The Bertz CT molecular complexity index is 461. The Hall–Kier alpha value is -1.61. The van der Waals surface area contributed by atoms with Gasteiger partial charge in [-0.1, -0.05) is 19.1 Å². The van der Waals surface area contributed by atoms with Crippen molar-refractivity contribution >= 4 is 17.3 Å². The van der Waals surface area contributed by atoms with Gasteiger partial charge in [-0.05, 0) is 38.7 Å². The molecule has 0 aromatic heterocycles. The van der Waals surface area contributed by atoms with E-state index in [4.69, 9.17) is 4.74 Å². The van der Waals surface area contributed by atoms with Gasteiger partial charge in [-0.25, -0.2) is 4.99 Å². The number of allylic oxidation sites excluding steroid dienone is 1. The van der Waals surface area contributed by atoms with Gasteiger partial charge in [0.15, 0.2) is 0 Å². The second-order valence-corrected chi connectivity index (χ2v) is 4.34. The molecule has 1 heterocycles. The number of para-hydroxylation sites is 1. The second-order valence-electron chi connectivity index (χ2n) is 4.34. The van der Waals surface area contributed by atoms with Crippen molar-refractivity contribution in [1.29, 1.82) is 0 Å². The minimum absolute atomic E-state index is 0.718. The summed E-state index contributed by atoms with van der Waals surface area (Å²) in [7, 11) is 4.02. The summed E-state index contributed by atoms with van der Waals surface area (Å²) in [6, 6.07) is 8.09. The van der Waals surface area contributed by atoms with E-state index in [0.29, 0.717) is 0 Å². The van der Waals surface area contributed by atoms with Crippen LogP contribution in [0.2, 0.25) is 0 Å². The number of aliphatic imine (C=N–C) groups is 1. The predicted octanol–water partition coefficient (Wildman–Crippen LogP) is 3.06. The van der Waals surface area contributed by atoms with Gasteiger partial charge in [0.25, 0.3) is 0 Å². The summed E-state index contributed by atoms with van der Waals surface area (Å²) in [5, 5.41) is 0. The summed E-state index contributed by atoms with van der Waals surface area (Å²) in [6.07, 6.45) is 3.06. The molecule has 0 radical (unpaired) electrons. The zero-order valence-corrected chi connectivity index (χ0v) is 10.6. The van der Waals surface area contributed by atoms with Gasteiger partial charge in [0.2, 0.25) is 5.90 Å². The number of fused-ring (bicyclic) bond motifs is 1. The van der Waals surface area contributed by atoms with Crippen molar-refractivity contribution in [2.75, 3.05) is 20.6 Å². The molecule has 17 heavy (non-hydrogen) atoms. The molecule has 1 aromatic carbocycles. The maximum absolute atomic E-state index is 5.83. The first-order valence-corrected chi connectivity index (χ1v) is 5.90. The van der Waals surface area contributed by atoms with E-state index in [2.05, 4.69) is 22.9 Å². The SMILES string of the molecule is CC/C=C1/OC(CN(C)C)=Nc2ccccc21. The molecule has 0 saturated heterocycles. The molecule has 0 bridgehead atoms. The molecule has 3 heteroatoms. The van der Waals surface area contributed by atoms with E-state index in [1.165, 1.54) is 0 Å². The lowest BCUT2D eigenvalue weighted by atomic mass is 10.1. The highest BCUT2D eigenvalue weighted by Crippen LogP contribution is 2.32. The highest BCUT2D eigenvalue weighted by atomic mass is 16.5. The third-order valence-electron chi connectivity index (χ3n) is 2.48. The molecule has 1 aromatic rings. The number of ether oxygens (including phenoxy) is 1. The molecule has 0 aliphatic carbocycles. The van der Waals surface area contributed by atoms with E-state index in [0.717, 1.165) is 35.9 Å². The number of hydrogen-bond acceptors (Lipinski definition) is 3. The molecule has 3 nitrogen and oxygen atoms in total. The first kappa shape index (κ1) is 11.9. The van der Waals surface area contributed by atoms with Gasteiger partial charge in [-0.15, -0.1) is 0 Å². The summed E-state index contributed by atoms with van der Waals surface area (Å²) in [6.45, 7) is 2.83. The molecule has 0 amide bonds. The first-order valence-electron chi connectivity index (χ1n) is 5.90. The molecule has 1 aliphatic heterocycles. The fourth-order valence-corrected chi connectivity index (χ4v) is 1.79. The maximum atomic E-state index is 5.83. The molecule has 0 spiro atoms. The lowest BCUT2D eigenvalue weighted by Crippen LogP contribution is -2.24. The zero-order valence-electron chi connectivity index (χ0n) is 10.6. The quantitative estimate of drug-likeness (QED) is 0.797. The Morgan fingerprint density at radius 3 is 2.76 bits per heavy atom. The van der Waals surface area contributed by atoms with Crippen LogP contribution in [0.5, 0.6) is 0 Å². The van der Waals surface area contributed by atoms with Crippen LogP contribution in [0.15, 0.2) is 35.3 Å². The maximum Gasteiger partial charge on any atom is 0.209 e. The number of benzene rings is 1. The third kappa shape index (κ3) is 2.74. The monoisotopic (exact) mass is 230 g/mol. The molecule has 0 unspecified atom stereocenters. The van der Waals surface area contributed by atoms with Crippen LogP contribution in [0.3, 0.4) is 0 Å². The molecular weight excluding hydrogens is 212 g/mol. The van der Waals surface area contributed by atoms with E-state index in [1.54, 1.807) is 0 Å². The fraction of sp³-hybridized carbons (Fsp3) is 0.357. The molecule has 0 atom stereocenters. The summed E-state index contributed by atoms with van der Waals surface area (Å²) in [5.74, 6) is 1.68. The predicted molar refractivity (Wildman–Crippen MR) is 71.4 cm³/mol. The Labute approximate surface area is 102 Å². The minimum atomic E-state index is 0.718. The number of rotatable bonds is 3. The number of likely N-dealkylation sites (N-methyl/N-ethyl adjacent to an activating group) is 1. The summed E-state index contributed by atoms with van der Waals surface area (Å²) < 4.78 is 5.83. The van der Waals surface area contributed by atoms with Crippen molar-refractivity contribution in [3.8, 4) is 0 Å². The molecule has 0 N–H and O–H groups in total. The van der Waals surface area contributed by atoms with Crippen LogP contribution in [-0.2, 0) is 4.74 Å². The van der Waals surface area contributed by atoms with Crippen LogP contribution in [0.1, 0.15) is 18.9 Å². The highest BCUT2D eigenvalue weighted by molar-refractivity contribution is 5.92. The lowest BCUT2D eigenvalue weighted by Gasteiger charge is -2.21. The van der Waals surface area contributed by atoms with Crippen LogP contribution in [0.25, 0.3) is 5.76 Å². The van der Waals surface area contributed by atoms with Crippen molar-refractivity contribution < 1.29 is 4.74 Å².